The Morgan fingerprint density at radius 3 is 2.41 bits per heavy atom. The Morgan fingerprint density at radius 1 is 1.09 bits per heavy atom. The lowest BCUT2D eigenvalue weighted by Gasteiger charge is -2.17. The molecule has 1 amide bonds. The first-order valence-corrected chi connectivity index (χ1v) is 7.07. The van der Waals surface area contributed by atoms with Gasteiger partial charge in [-0.05, 0) is 24.5 Å². The summed E-state index contributed by atoms with van der Waals surface area (Å²) in [6.07, 6.45) is 4.53. The highest BCUT2D eigenvalue weighted by Gasteiger charge is 2.52. The van der Waals surface area contributed by atoms with Crippen molar-refractivity contribution in [3.8, 4) is 0 Å². The normalized spacial score (nSPS) is 17.4. The summed E-state index contributed by atoms with van der Waals surface area (Å²) in [5.74, 6) is -1.39. The van der Waals surface area contributed by atoms with Crippen LogP contribution >= 0.6 is 0 Å². The van der Waals surface area contributed by atoms with Crippen molar-refractivity contribution in [2.75, 3.05) is 11.4 Å². The van der Waals surface area contributed by atoms with Crippen LogP contribution in [0.15, 0.2) is 36.7 Å². The molecule has 0 atom stereocenters. The molecule has 1 N–H and O–H groups in total. The third-order valence-electron chi connectivity index (χ3n) is 4.42. The molecule has 1 aromatic carbocycles. The topological polar surface area (TPSA) is 83.4 Å². The van der Waals surface area contributed by atoms with E-state index in [9.17, 15) is 9.59 Å². The first kappa shape index (κ1) is 12.9. The second kappa shape index (κ2) is 4.37. The number of carboxylic acids is 1. The van der Waals surface area contributed by atoms with Crippen molar-refractivity contribution in [3.63, 3.8) is 0 Å². The smallest absolute Gasteiger partial charge is 0.356 e. The minimum atomic E-state index is -1.16. The third kappa shape index (κ3) is 1.80. The van der Waals surface area contributed by atoms with Crippen molar-refractivity contribution < 1.29 is 14.7 Å². The molecule has 4 rings (SSSR count). The Bertz CT molecular complexity index is 781. The first-order chi connectivity index (χ1) is 10.6. The zero-order valence-electron chi connectivity index (χ0n) is 11.7. The molecular formula is C16H13N3O3. The number of fused-ring (bicyclic) bond motifs is 2. The van der Waals surface area contributed by atoms with Gasteiger partial charge in [0.05, 0.1) is 12.4 Å². The molecule has 0 radical (unpaired) electrons. The first-order valence-electron chi connectivity index (χ1n) is 7.07. The lowest BCUT2D eigenvalue weighted by atomic mass is 9.99. The molecule has 1 saturated carbocycles. The van der Waals surface area contributed by atoms with Gasteiger partial charge in [0.1, 0.15) is 5.69 Å². The monoisotopic (exact) mass is 295 g/mol. The van der Waals surface area contributed by atoms with Gasteiger partial charge < -0.3 is 10.0 Å². The Kier molecular flexibility index (Phi) is 2.57. The predicted octanol–water partition coefficient (Wildman–Crippen LogP) is 1.87. The fourth-order valence-corrected chi connectivity index (χ4v) is 3.08. The highest BCUT2D eigenvalue weighted by molar-refractivity contribution is 6.06. The third-order valence-corrected chi connectivity index (χ3v) is 4.42. The summed E-state index contributed by atoms with van der Waals surface area (Å²) in [5.41, 5.74) is 2.25. The maximum atomic E-state index is 12.7. The summed E-state index contributed by atoms with van der Waals surface area (Å²) < 4.78 is 0. The Morgan fingerprint density at radius 2 is 1.77 bits per heavy atom. The highest BCUT2D eigenvalue weighted by atomic mass is 16.4. The maximum Gasteiger partial charge on any atom is 0.356 e. The molecule has 1 aliphatic carbocycles. The average molecular weight is 295 g/mol. The SMILES string of the molecule is O=C(O)c1cnc(C(=O)N2CC3(CC3)c3ccccc32)cn1. The van der Waals surface area contributed by atoms with Gasteiger partial charge in [0.2, 0.25) is 0 Å². The van der Waals surface area contributed by atoms with Gasteiger partial charge in [-0.15, -0.1) is 0 Å². The van der Waals surface area contributed by atoms with Gasteiger partial charge in [-0.25, -0.2) is 14.8 Å². The number of anilines is 1. The fourth-order valence-electron chi connectivity index (χ4n) is 3.08. The molecule has 1 spiro atoms. The number of nitrogens with zero attached hydrogens (tertiary/aromatic N) is 3. The molecule has 1 aromatic heterocycles. The van der Waals surface area contributed by atoms with Crippen LogP contribution < -0.4 is 4.90 Å². The molecular weight excluding hydrogens is 282 g/mol. The minimum absolute atomic E-state index is 0.112. The van der Waals surface area contributed by atoms with Gasteiger partial charge in [-0.1, -0.05) is 18.2 Å². The van der Waals surface area contributed by atoms with Crippen LogP contribution in [0.4, 0.5) is 5.69 Å². The molecule has 2 aromatic rings. The standard InChI is InChI=1S/C16H13N3O3/c20-14(11-7-18-12(8-17-11)15(21)22)19-9-16(5-6-16)10-3-1-2-4-13(10)19/h1-4,7-8H,5-6,9H2,(H,21,22). The van der Waals surface area contributed by atoms with Crippen LogP contribution in [0.3, 0.4) is 0 Å². The average Bonchev–Trinajstić information content (AvgIpc) is 3.25. The van der Waals surface area contributed by atoms with Crippen LogP contribution in [0.2, 0.25) is 0 Å². The number of amides is 1. The van der Waals surface area contributed by atoms with Gasteiger partial charge in [-0.2, -0.15) is 0 Å². The number of aromatic nitrogens is 2. The summed E-state index contributed by atoms with van der Waals surface area (Å²) >= 11 is 0. The lowest BCUT2D eigenvalue weighted by Crippen LogP contribution is -2.32. The molecule has 2 heterocycles. The fraction of sp³-hybridized carbons (Fsp3) is 0.250. The van der Waals surface area contributed by atoms with Crippen molar-refractivity contribution >= 4 is 17.6 Å². The number of rotatable bonds is 2. The second-order valence-electron chi connectivity index (χ2n) is 5.78. The largest absolute Gasteiger partial charge is 0.476 e. The van der Waals surface area contributed by atoms with Crippen molar-refractivity contribution in [3.05, 3.63) is 53.6 Å². The van der Waals surface area contributed by atoms with E-state index in [2.05, 4.69) is 16.0 Å². The van der Waals surface area contributed by atoms with Crippen LogP contribution in [-0.4, -0.2) is 33.5 Å². The Labute approximate surface area is 126 Å². The molecule has 0 saturated heterocycles. The number of para-hydroxylation sites is 1. The van der Waals surface area contributed by atoms with Gasteiger partial charge in [0, 0.05) is 17.6 Å². The second-order valence-corrected chi connectivity index (χ2v) is 5.78. The number of hydrogen-bond donors (Lipinski definition) is 1. The number of aromatic carboxylic acids is 1. The van der Waals surface area contributed by atoms with Gasteiger partial charge in [0.15, 0.2) is 5.69 Å². The summed E-state index contributed by atoms with van der Waals surface area (Å²) in [6, 6.07) is 7.93. The summed E-state index contributed by atoms with van der Waals surface area (Å²) in [6.45, 7) is 0.660. The van der Waals surface area contributed by atoms with Crippen molar-refractivity contribution in [2.24, 2.45) is 0 Å². The lowest BCUT2D eigenvalue weighted by molar-refractivity contribution is 0.0689. The van der Waals surface area contributed by atoms with Gasteiger partial charge in [0.25, 0.3) is 5.91 Å². The van der Waals surface area contributed by atoms with E-state index in [1.807, 2.05) is 18.2 Å². The van der Waals surface area contributed by atoms with E-state index in [0.717, 1.165) is 24.7 Å². The molecule has 0 bridgehead atoms. The molecule has 6 heteroatoms. The summed E-state index contributed by atoms with van der Waals surface area (Å²) in [7, 11) is 0. The van der Waals surface area contributed by atoms with Crippen molar-refractivity contribution in [1.29, 1.82) is 0 Å². The zero-order valence-corrected chi connectivity index (χ0v) is 11.7. The summed E-state index contributed by atoms with van der Waals surface area (Å²) in [4.78, 5) is 32.9. The van der Waals surface area contributed by atoms with Crippen LogP contribution in [0, 0.1) is 0 Å². The molecule has 2 aliphatic rings. The molecule has 110 valence electrons. The number of hydrogen-bond acceptors (Lipinski definition) is 4. The maximum absolute atomic E-state index is 12.7. The van der Waals surface area contributed by atoms with E-state index in [0.29, 0.717) is 6.54 Å². The van der Waals surface area contributed by atoms with E-state index in [1.54, 1.807) is 4.90 Å². The quantitative estimate of drug-likeness (QED) is 0.914. The van der Waals surface area contributed by atoms with Crippen LogP contribution in [0.25, 0.3) is 0 Å². The summed E-state index contributed by atoms with van der Waals surface area (Å²) in [5, 5.41) is 8.84. The van der Waals surface area contributed by atoms with E-state index in [4.69, 9.17) is 5.11 Å². The number of carboxylic acid groups (broad SMARTS) is 1. The van der Waals surface area contributed by atoms with Crippen LogP contribution in [0.1, 0.15) is 39.4 Å². The van der Waals surface area contributed by atoms with Crippen molar-refractivity contribution in [1.82, 2.24) is 9.97 Å². The number of benzene rings is 1. The van der Waals surface area contributed by atoms with E-state index in [-0.39, 0.29) is 22.7 Å². The highest BCUT2D eigenvalue weighted by Crippen LogP contribution is 2.56. The van der Waals surface area contributed by atoms with Crippen molar-refractivity contribution in [2.45, 2.75) is 18.3 Å². The molecule has 0 unspecified atom stereocenters. The van der Waals surface area contributed by atoms with E-state index >= 15 is 0 Å². The minimum Gasteiger partial charge on any atom is -0.476 e. The van der Waals surface area contributed by atoms with Gasteiger partial charge in [-0.3, -0.25) is 4.79 Å². The van der Waals surface area contributed by atoms with E-state index in [1.165, 1.54) is 11.8 Å². The number of carbonyl (C=O) groups is 2. The van der Waals surface area contributed by atoms with Crippen LogP contribution in [-0.2, 0) is 5.41 Å². The zero-order chi connectivity index (χ0) is 15.3. The molecule has 1 fully saturated rings. The predicted molar refractivity (Wildman–Crippen MR) is 78.0 cm³/mol. The Hall–Kier alpha value is -2.76. The number of carbonyl (C=O) groups excluding carboxylic acids is 1. The molecule has 1 aliphatic heterocycles. The molecule has 22 heavy (non-hydrogen) atoms. The van der Waals surface area contributed by atoms with Gasteiger partial charge >= 0.3 is 5.97 Å². The van der Waals surface area contributed by atoms with Crippen LogP contribution in [0.5, 0.6) is 0 Å². The Balaban J connectivity index is 1.68. The van der Waals surface area contributed by atoms with E-state index < -0.39 is 5.97 Å². The molecule has 6 nitrogen and oxygen atoms in total.